The van der Waals surface area contributed by atoms with E-state index in [2.05, 4.69) is 16.0 Å². The standard InChI is InChI=1S/C18H21ClN2O/c19-15-4-5-16-14(10-15)11-17(20-16)12-6-8-21(9-7-12)18(22)13-2-1-3-13/h4-5,10-13,20H,1-3,6-9H2. The van der Waals surface area contributed by atoms with Gasteiger partial charge in [-0.1, -0.05) is 18.0 Å². The first-order valence-electron chi connectivity index (χ1n) is 8.27. The molecule has 2 heterocycles. The average Bonchev–Trinajstić information content (AvgIpc) is 2.88. The van der Waals surface area contributed by atoms with Gasteiger partial charge in [-0.15, -0.1) is 0 Å². The Balaban J connectivity index is 1.44. The zero-order chi connectivity index (χ0) is 15.1. The smallest absolute Gasteiger partial charge is 0.225 e. The fraction of sp³-hybridized carbons (Fsp3) is 0.500. The summed E-state index contributed by atoms with van der Waals surface area (Å²) in [6.45, 7) is 1.80. The van der Waals surface area contributed by atoms with Crippen molar-refractivity contribution in [2.45, 2.75) is 38.0 Å². The molecule has 1 saturated carbocycles. The van der Waals surface area contributed by atoms with Crippen LogP contribution in [-0.4, -0.2) is 28.9 Å². The van der Waals surface area contributed by atoms with Crippen LogP contribution in [0.5, 0.6) is 0 Å². The molecule has 2 fully saturated rings. The number of aromatic amines is 1. The van der Waals surface area contributed by atoms with Crippen LogP contribution in [0, 0.1) is 5.92 Å². The Bertz CT molecular complexity index is 696. The van der Waals surface area contributed by atoms with Crippen molar-refractivity contribution in [3.8, 4) is 0 Å². The number of H-pyrrole nitrogens is 1. The molecule has 0 radical (unpaired) electrons. The maximum atomic E-state index is 12.3. The van der Waals surface area contributed by atoms with Crippen molar-refractivity contribution in [1.29, 1.82) is 0 Å². The minimum atomic E-state index is 0.326. The zero-order valence-corrected chi connectivity index (χ0v) is 13.4. The largest absolute Gasteiger partial charge is 0.358 e. The predicted molar refractivity (Wildman–Crippen MR) is 89.2 cm³/mol. The molecule has 0 unspecified atom stereocenters. The summed E-state index contributed by atoms with van der Waals surface area (Å²) in [5.41, 5.74) is 2.43. The van der Waals surface area contributed by atoms with E-state index in [0.29, 0.717) is 17.7 Å². The number of fused-ring (bicyclic) bond motifs is 1. The molecule has 1 aromatic heterocycles. The van der Waals surface area contributed by atoms with E-state index in [9.17, 15) is 4.79 Å². The van der Waals surface area contributed by atoms with Crippen LogP contribution >= 0.6 is 11.6 Å². The number of halogens is 1. The van der Waals surface area contributed by atoms with Crippen LogP contribution in [0.2, 0.25) is 5.02 Å². The van der Waals surface area contributed by atoms with Gasteiger partial charge in [0.2, 0.25) is 5.91 Å². The van der Waals surface area contributed by atoms with Crippen molar-refractivity contribution in [2.75, 3.05) is 13.1 Å². The Kier molecular flexibility index (Phi) is 3.61. The molecule has 116 valence electrons. The summed E-state index contributed by atoms with van der Waals surface area (Å²) in [6.07, 6.45) is 5.53. The molecule has 1 aromatic carbocycles. The van der Waals surface area contributed by atoms with Crippen molar-refractivity contribution in [3.05, 3.63) is 35.0 Å². The highest BCUT2D eigenvalue weighted by atomic mass is 35.5. The molecule has 4 rings (SSSR count). The highest BCUT2D eigenvalue weighted by Gasteiger charge is 2.32. The van der Waals surface area contributed by atoms with Crippen LogP contribution in [0.1, 0.15) is 43.7 Å². The first-order chi connectivity index (χ1) is 10.7. The van der Waals surface area contributed by atoms with Gasteiger partial charge >= 0.3 is 0 Å². The highest BCUT2D eigenvalue weighted by Crippen LogP contribution is 2.33. The third kappa shape index (κ3) is 2.52. The molecule has 0 bridgehead atoms. The van der Waals surface area contributed by atoms with E-state index >= 15 is 0 Å². The molecule has 1 amide bonds. The van der Waals surface area contributed by atoms with E-state index in [0.717, 1.165) is 49.3 Å². The SMILES string of the molecule is O=C(C1CCC1)N1CCC(c2cc3cc(Cl)ccc3[nH]2)CC1. The molecular formula is C18H21ClN2O. The molecule has 1 N–H and O–H groups in total. The van der Waals surface area contributed by atoms with E-state index in [1.807, 2.05) is 18.2 Å². The van der Waals surface area contributed by atoms with E-state index < -0.39 is 0 Å². The van der Waals surface area contributed by atoms with E-state index in [4.69, 9.17) is 11.6 Å². The molecule has 2 aliphatic rings. The number of piperidine rings is 1. The van der Waals surface area contributed by atoms with Gasteiger partial charge in [0.1, 0.15) is 0 Å². The van der Waals surface area contributed by atoms with E-state index in [1.165, 1.54) is 17.5 Å². The molecular weight excluding hydrogens is 296 g/mol. The van der Waals surface area contributed by atoms with Crippen LogP contribution < -0.4 is 0 Å². The molecule has 0 atom stereocenters. The first kappa shape index (κ1) is 14.1. The summed E-state index contributed by atoms with van der Waals surface area (Å²) in [4.78, 5) is 17.9. The third-order valence-electron chi connectivity index (χ3n) is 5.30. The second-order valence-electron chi connectivity index (χ2n) is 6.68. The zero-order valence-electron chi connectivity index (χ0n) is 12.6. The lowest BCUT2D eigenvalue weighted by molar-refractivity contribution is -0.139. The lowest BCUT2D eigenvalue weighted by atomic mass is 9.83. The number of carbonyl (C=O) groups is 1. The Labute approximate surface area is 135 Å². The number of amides is 1. The lowest BCUT2D eigenvalue weighted by Crippen LogP contribution is -2.43. The Hall–Kier alpha value is -1.48. The highest BCUT2D eigenvalue weighted by molar-refractivity contribution is 6.31. The number of nitrogens with zero attached hydrogens (tertiary/aromatic N) is 1. The van der Waals surface area contributed by atoms with Crippen molar-refractivity contribution in [1.82, 2.24) is 9.88 Å². The number of hydrogen-bond acceptors (Lipinski definition) is 1. The molecule has 4 heteroatoms. The molecule has 1 saturated heterocycles. The summed E-state index contributed by atoms with van der Waals surface area (Å²) in [7, 11) is 0. The van der Waals surface area contributed by atoms with Gasteiger partial charge in [-0.3, -0.25) is 4.79 Å². The van der Waals surface area contributed by atoms with Crippen LogP contribution in [0.15, 0.2) is 24.3 Å². The van der Waals surface area contributed by atoms with Gasteiger partial charge in [0.05, 0.1) is 0 Å². The summed E-state index contributed by atoms with van der Waals surface area (Å²) in [5.74, 6) is 1.25. The van der Waals surface area contributed by atoms with Crippen LogP contribution in [0.3, 0.4) is 0 Å². The lowest BCUT2D eigenvalue weighted by Gasteiger charge is -2.36. The summed E-state index contributed by atoms with van der Waals surface area (Å²) in [5, 5.41) is 1.95. The number of nitrogens with one attached hydrogen (secondary N) is 1. The molecule has 1 aliphatic heterocycles. The van der Waals surface area contributed by atoms with Gasteiger partial charge < -0.3 is 9.88 Å². The Morgan fingerprint density at radius 1 is 1.14 bits per heavy atom. The molecule has 22 heavy (non-hydrogen) atoms. The van der Waals surface area contributed by atoms with Crippen LogP contribution in [0.4, 0.5) is 0 Å². The van der Waals surface area contributed by atoms with E-state index in [-0.39, 0.29) is 0 Å². The maximum Gasteiger partial charge on any atom is 0.225 e. The predicted octanol–water partition coefficient (Wildman–Crippen LogP) is 4.33. The molecule has 1 aliphatic carbocycles. The molecule has 2 aromatic rings. The number of carbonyl (C=O) groups excluding carboxylic acids is 1. The summed E-state index contributed by atoms with van der Waals surface area (Å²) >= 11 is 6.06. The monoisotopic (exact) mass is 316 g/mol. The second kappa shape index (κ2) is 5.62. The number of aromatic nitrogens is 1. The van der Waals surface area contributed by atoms with Gasteiger partial charge in [0.15, 0.2) is 0 Å². The van der Waals surface area contributed by atoms with Gasteiger partial charge in [-0.25, -0.2) is 0 Å². The topological polar surface area (TPSA) is 36.1 Å². The quantitative estimate of drug-likeness (QED) is 0.879. The normalized spacial score (nSPS) is 20.3. The Morgan fingerprint density at radius 3 is 2.59 bits per heavy atom. The maximum absolute atomic E-state index is 12.3. The minimum absolute atomic E-state index is 0.326. The Morgan fingerprint density at radius 2 is 1.91 bits per heavy atom. The third-order valence-corrected chi connectivity index (χ3v) is 5.54. The summed E-state index contributed by atoms with van der Waals surface area (Å²) in [6, 6.07) is 8.18. The van der Waals surface area contributed by atoms with Crippen molar-refractivity contribution < 1.29 is 4.79 Å². The van der Waals surface area contributed by atoms with Gasteiger partial charge in [-0.2, -0.15) is 0 Å². The van der Waals surface area contributed by atoms with E-state index in [1.54, 1.807) is 0 Å². The first-order valence-corrected chi connectivity index (χ1v) is 8.65. The van der Waals surface area contributed by atoms with Gasteiger partial charge in [0.25, 0.3) is 0 Å². The van der Waals surface area contributed by atoms with Gasteiger partial charge in [-0.05, 0) is 49.9 Å². The van der Waals surface area contributed by atoms with Gasteiger partial charge in [0, 0.05) is 46.5 Å². The number of benzene rings is 1. The summed E-state index contributed by atoms with van der Waals surface area (Å²) < 4.78 is 0. The second-order valence-corrected chi connectivity index (χ2v) is 7.12. The fourth-order valence-electron chi connectivity index (χ4n) is 3.67. The minimum Gasteiger partial charge on any atom is -0.358 e. The van der Waals surface area contributed by atoms with Crippen LogP contribution in [-0.2, 0) is 4.79 Å². The number of likely N-dealkylation sites (tertiary alicyclic amines) is 1. The number of rotatable bonds is 2. The molecule has 3 nitrogen and oxygen atoms in total. The molecule has 0 spiro atoms. The fourth-order valence-corrected chi connectivity index (χ4v) is 3.85. The van der Waals surface area contributed by atoms with Crippen molar-refractivity contribution >= 4 is 28.4 Å². The van der Waals surface area contributed by atoms with Crippen molar-refractivity contribution in [3.63, 3.8) is 0 Å². The average molecular weight is 317 g/mol. The van der Waals surface area contributed by atoms with Crippen LogP contribution in [0.25, 0.3) is 10.9 Å². The number of hydrogen-bond donors (Lipinski definition) is 1. The van der Waals surface area contributed by atoms with Crippen molar-refractivity contribution in [2.24, 2.45) is 5.92 Å².